The smallest absolute Gasteiger partial charge is 0.267 e. The number of benzene rings is 1. The lowest BCUT2D eigenvalue weighted by Gasteiger charge is -2.14. The fourth-order valence-corrected chi connectivity index (χ4v) is 3.57. The Labute approximate surface area is 162 Å². The van der Waals surface area contributed by atoms with Gasteiger partial charge in [-0.3, -0.25) is 9.59 Å². The van der Waals surface area contributed by atoms with Crippen LogP contribution in [0, 0.1) is 0 Å². The average Bonchev–Trinajstić information content (AvgIpc) is 3.34. The quantitative estimate of drug-likeness (QED) is 0.703. The molecule has 1 aliphatic heterocycles. The Bertz CT molecular complexity index is 878. The van der Waals surface area contributed by atoms with Crippen LogP contribution in [0.3, 0.4) is 0 Å². The molecule has 8 nitrogen and oxygen atoms in total. The lowest BCUT2D eigenvalue weighted by molar-refractivity contribution is -0.119. The van der Waals surface area contributed by atoms with Gasteiger partial charge in [-0.25, -0.2) is 9.97 Å². The molecule has 4 rings (SSSR count). The molecule has 1 aliphatic carbocycles. The highest BCUT2D eigenvalue weighted by molar-refractivity contribution is 5.92. The number of hydrogen-bond donors (Lipinski definition) is 3. The van der Waals surface area contributed by atoms with E-state index in [0.29, 0.717) is 24.6 Å². The molecule has 1 aromatic carbocycles. The molecule has 1 saturated heterocycles. The van der Waals surface area contributed by atoms with Crippen LogP contribution in [0.1, 0.15) is 42.6 Å². The molecule has 1 saturated carbocycles. The Balaban J connectivity index is 1.56. The lowest BCUT2D eigenvalue weighted by atomic mass is 10.2. The zero-order chi connectivity index (χ0) is 19.5. The maximum Gasteiger partial charge on any atom is 0.267 e. The molecule has 28 heavy (non-hydrogen) atoms. The van der Waals surface area contributed by atoms with E-state index in [2.05, 4.69) is 20.6 Å². The van der Waals surface area contributed by atoms with Crippen LogP contribution in [0.2, 0.25) is 0 Å². The number of rotatable bonds is 6. The second kappa shape index (κ2) is 7.84. The molecule has 4 N–H and O–H groups in total. The van der Waals surface area contributed by atoms with Gasteiger partial charge in [0.05, 0.1) is 6.10 Å². The van der Waals surface area contributed by atoms with E-state index in [0.717, 1.165) is 24.2 Å². The molecule has 0 radical (unpaired) electrons. The van der Waals surface area contributed by atoms with Gasteiger partial charge in [0.2, 0.25) is 5.91 Å². The van der Waals surface area contributed by atoms with E-state index in [9.17, 15) is 9.59 Å². The first kappa shape index (κ1) is 18.2. The highest BCUT2D eigenvalue weighted by Gasteiger charge is 2.25. The van der Waals surface area contributed by atoms with Crippen LogP contribution in [0.4, 0.5) is 5.82 Å². The minimum absolute atomic E-state index is 0.0887. The number of anilines is 1. The van der Waals surface area contributed by atoms with Crippen LogP contribution in [0.15, 0.2) is 30.3 Å². The number of carbonyl (C=O) groups excluding carboxylic acids is 2. The third kappa shape index (κ3) is 4.05. The standard InChI is InChI=1S/C20H23N5O3/c21-18(26)16-11-17(23-15-9-10-22-20(15)27)25-19(24-16)12-5-7-14(8-6-12)28-13-3-1-2-4-13/h5-8,11,13,15H,1-4,9-10H2,(H2,21,26)(H,22,27)(H,23,24,25). The summed E-state index contributed by atoms with van der Waals surface area (Å²) in [6, 6.07) is 8.56. The van der Waals surface area contributed by atoms with Gasteiger partial charge in [0.15, 0.2) is 5.82 Å². The van der Waals surface area contributed by atoms with E-state index in [1.807, 2.05) is 24.3 Å². The summed E-state index contributed by atoms with van der Waals surface area (Å²) in [7, 11) is 0. The molecule has 2 heterocycles. The fraction of sp³-hybridized carbons (Fsp3) is 0.400. The molecule has 146 valence electrons. The van der Waals surface area contributed by atoms with E-state index in [1.165, 1.54) is 18.9 Å². The van der Waals surface area contributed by atoms with Crippen molar-refractivity contribution in [2.24, 2.45) is 5.73 Å². The Morgan fingerprint density at radius 2 is 1.89 bits per heavy atom. The number of primary amides is 1. The normalized spacial score (nSPS) is 19.4. The van der Waals surface area contributed by atoms with E-state index in [1.54, 1.807) is 0 Å². The number of nitrogens with one attached hydrogen (secondary N) is 2. The van der Waals surface area contributed by atoms with Crippen LogP contribution in [0.5, 0.6) is 5.75 Å². The highest BCUT2D eigenvalue weighted by Crippen LogP contribution is 2.26. The van der Waals surface area contributed by atoms with Crippen LogP contribution < -0.4 is 21.1 Å². The Morgan fingerprint density at radius 3 is 2.54 bits per heavy atom. The van der Waals surface area contributed by atoms with Gasteiger partial charge in [0, 0.05) is 18.2 Å². The SMILES string of the molecule is NC(=O)c1cc(NC2CCNC2=O)nc(-c2ccc(OC3CCCC3)cc2)n1. The van der Waals surface area contributed by atoms with Gasteiger partial charge >= 0.3 is 0 Å². The van der Waals surface area contributed by atoms with Crippen LogP contribution >= 0.6 is 0 Å². The van der Waals surface area contributed by atoms with Crippen molar-refractivity contribution in [3.63, 3.8) is 0 Å². The van der Waals surface area contributed by atoms with Crippen LogP contribution in [0.25, 0.3) is 11.4 Å². The molecule has 1 aromatic heterocycles. The maximum absolute atomic E-state index is 11.8. The second-order valence-electron chi connectivity index (χ2n) is 7.15. The molecular weight excluding hydrogens is 358 g/mol. The van der Waals surface area contributed by atoms with Crippen molar-refractivity contribution >= 4 is 17.6 Å². The maximum atomic E-state index is 11.8. The predicted molar refractivity (Wildman–Crippen MR) is 104 cm³/mol. The minimum atomic E-state index is -0.649. The van der Waals surface area contributed by atoms with Crippen molar-refractivity contribution < 1.29 is 14.3 Å². The van der Waals surface area contributed by atoms with Gasteiger partial charge in [-0.2, -0.15) is 0 Å². The van der Waals surface area contributed by atoms with Crippen LogP contribution in [-0.2, 0) is 4.79 Å². The van der Waals surface area contributed by atoms with Gasteiger partial charge < -0.3 is 21.1 Å². The number of amides is 2. The molecule has 2 aromatic rings. The van der Waals surface area contributed by atoms with Crippen molar-refractivity contribution in [1.82, 2.24) is 15.3 Å². The third-order valence-electron chi connectivity index (χ3n) is 5.07. The van der Waals surface area contributed by atoms with Gasteiger partial charge in [-0.15, -0.1) is 0 Å². The largest absolute Gasteiger partial charge is 0.490 e. The first-order valence-electron chi connectivity index (χ1n) is 9.59. The van der Waals surface area contributed by atoms with E-state index in [-0.39, 0.29) is 23.7 Å². The number of hydrogen-bond acceptors (Lipinski definition) is 6. The second-order valence-corrected chi connectivity index (χ2v) is 7.15. The minimum Gasteiger partial charge on any atom is -0.490 e. The van der Waals surface area contributed by atoms with Crippen molar-refractivity contribution in [3.05, 3.63) is 36.0 Å². The first-order chi connectivity index (χ1) is 13.6. The fourth-order valence-electron chi connectivity index (χ4n) is 3.57. The summed E-state index contributed by atoms with van der Waals surface area (Å²) in [4.78, 5) is 32.2. The summed E-state index contributed by atoms with van der Waals surface area (Å²) in [6.45, 7) is 0.611. The summed E-state index contributed by atoms with van der Waals surface area (Å²) < 4.78 is 5.98. The summed E-state index contributed by atoms with van der Waals surface area (Å²) in [6.07, 6.45) is 5.55. The van der Waals surface area contributed by atoms with E-state index >= 15 is 0 Å². The Kier molecular flexibility index (Phi) is 5.10. The third-order valence-corrected chi connectivity index (χ3v) is 5.07. The van der Waals surface area contributed by atoms with Gasteiger partial charge in [-0.1, -0.05) is 0 Å². The van der Waals surface area contributed by atoms with Gasteiger partial charge in [-0.05, 0) is 56.4 Å². The molecule has 0 bridgehead atoms. The molecule has 2 aliphatic rings. The predicted octanol–water partition coefficient (Wildman–Crippen LogP) is 1.86. The van der Waals surface area contributed by atoms with Crippen LogP contribution in [-0.4, -0.2) is 40.5 Å². The Hall–Kier alpha value is -3.16. The van der Waals surface area contributed by atoms with E-state index in [4.69, 9.17) is 10.5 Å². The molecular formula is C20H23N5O3. The summed E-state index contributed by atoms with van der Waals surface area (Å²) in [5, 5.41) is 5.82. The van der Waals surface area contributed by atoms with Gasteiger partial charge in [0.25, 0.3) is 5.91 Å². The number of aromatic nitrogens is 2. The van der Waals surface area contributed by atoms with Crippen molar-refractivity contribution in [2.75, 3.05) is 11.9 Å². The van der Waals surface area contributed by atoms with Crippen molar-refractivity contribution in [1.29, 1.82) is 0 Å². The van der Waals surface area contributed by atoms with Gasteiger partial charge in [0.1, 0.15) is 23.3 Å². The lowest BCUT2D eigenvalue weighted by Crippen LogP contribution is -2.30. The molecule has 2 fully saturated rings. The summed E-state index contributed by atoms with van der Waals surface area (Å²) >= 11 is 0. The zero-order valence-electron chi connectivity index (χ0n) is 15.5. The van der Waals surface area contributed by atoms with Crippen molar-refractivity contribution in [2.45, 2.75) is 44.2 Å². The number of carbonyl (C=O) groups is 2. The number of ether oxygens (including phenoxy) is 1. The first-order valence-corrected chi connectivity index (χ1v) is 9.59. The average molecular weight is 381 g/mol. The topological polar surface area (TPSA) is 119 Å². The molecule has 2 amide bonds. The van der Waals surface area contributed by atoms with Crippen molar-refractivity contribution in [3.8, 4) is 17.1 Å². The molecule has 8 heteroatoms. The monoisotopic (exact) mass is 381 g/mol. The number of nitrogens with zero attached hydrogens (tertiary/aromatic N) is 2. The highest BCUT2D eigenvalue weighted by atomic mass is 16.5. The summed E-state index contributed by atoms with van der Waals surface area (Å²) in [5.41, 5.74) is 6.26. The zero-order valence-corrected chi connectivity index (χ0v) is 15.5. The Morgan fingerprint density at radius 1 is 1.14 bits per heavy atom. The molecule has 1 unspecified atom stereocenters. The molecule has 0 spiro atoms. The summed E-state index contributed by atoms with van der Waals surface area (Å²) in [5.74, 6) is 0.831. The molecule has 1 atom stereocenters. The van der Waals surface area contributed by atoms with E-state index < -0.39 is 5.91 Å². The number of nitrogens with two attached hydrogens (primary N) is 1.